The number of hydrogen-bond acceptors (Lipinski definition) is 4. The fraction of sp³-hybridized carbons (Fsp3) is 0.357. The Morgan fingerprint density at radius 1 is 1.60 bits per heavy atom. The molecular weight excluding hydrogens is 326 g/mol. The third kappa shape index (κ3) is 3.45. The van der Waals surface area contributed by atoms with Gasteiger partial charge in [-0.15, -0.1) is 6.58 Å². The minimum Gasteiger partial charge on any atom is -0.465 e. The van der Waals surface area contributed by atoms with Crippen LogP contribution in [0.25, 0.3) is 0 Å². The van der Waals surface area contributed by atoms with Gasteiger partial charge in [-0.2, -0.15) is 0 Å². The van der Waals surface area contributed by atoms with Gasteiger partial charge in [-0.3, -0.25) is 14.9 Å². The van der Waals surface area contributed by atoms with E-state index in [1.807, 2.05) is 0 Å². The highest BCUT2D eigenvalue weighted by molar-refractivity contribution is 9.10. The molecule has 1 aromatic carbocycles. The van der Waals surface area contributed by atoms with Gasteiger partial charge in [0.1, 0.15) is 0 Å². The molecule has 20 heavy (non-hydrogen) atoms. The molecule has 0 saturated carbocycles. The second-order valence-electron chi connectivity index (χ2n) is 4.53. The quantitative estimate of drug-likeness (QED) is 0.342. The molecule has 0 saturated heterocycles. The molecule has 1 rings (SSSR count). The number of carbonyl (C=O) groups is 1. The minimum atomic E-state index is -0.923. The maximum absolute atomic E-state index is 12.0. The summed E-state index contributed by atoms with van der Waals surface area (Å²) in [6, 6.07) is 4.73. The first kappa shape index (κ1) is 16.4. The first-order valence-corrected chi connectivity index (χ1v) is 6.87. The fourth-order valence-corrected chi connectivity index (χ4v) is 2.31. The zero-order valence-corrected chi connectivity index (χ0v) is 13.0. The number of nitro groups is 1. The van der Waals surface area contributed by atoms with Crippen molar-refractivity contribution in [1.82, 2.24) is 0 Å². The highest BCUT2D eigenvalue weighted by Crippen LogP contribution is 2.34. The van der Waals surface area contributed by atoms with Crippen LogP contribution in [0.2, 0.25) is 0 Å². The minimum absolute atomic E-state index is 0.0298. The van der Waals surface area contributed by atoms with Crippen LogP contribution in [0.3, 0.4) is 0 Å². The van der Waals surface area contributed by atoms with Crippen molar-refractivity contribution in [3.8, 4) is 0 Å². The molecule has 0 N–H and O–H groups in total. The van der Waals surface area contributed by atoms with Crippen molar-refractivity contribution in [2.45, 2.75) is 20.3 Å². The summed E-state index contributed by atoms with van der Waals surface area (Å²) in [5.41, 5.74) is -0.291. The normalized spacial score (nSPS) is 13.3. The first-order chi connectivity index (χ1) is 9.35. The van der Waals surface area contributed by atoms with Gasteiger partial charge in [-0.1, -0.05) is 18.2 Å². The van der Waals surface area contributed by atoms with Gasteiger partial charge in [-0.05, 0) is 41.8 Å². The molecule has 5 nitrogen and oxygen atoms in total. The summed E-state index contributed by atoms with van der Waals surface area (Å²) >= 11 is 3.22. The standard InChI is InChI=1S/C14H16BrNO4/c1-4-14(3,13(17)20-5-2)9-10-7-6-8-11(12(10)15)16(18)19/h4,6-8H,1,5,9H2,2-3H3. The monoisotopic (exact) mass is 341 g/mol. The van der Waals surface area contributed by atoms with Gasteiger partial charge < -0.3 is 4.74 Å². The van der Waals surface area contributed by atoms with Crippen LogP contribution in [0.5, 0.6) is 0 Å². The third-order valence-corrected chi connectivity index (χ3v) is 3.92. The second kappa shape index (κ2) is 6.65. The molecule has 0 spiro atoms. The second-order valence-corrected chi connectivity index (χ2v) is 5.32. The summed E-state index contributed by atoms with van der Waals surface area (Å²) in [6.07, 6.45) is 1.79. The van der Waals surface area contributed by atoms with E-state index in [2.05, 4.69) is 22.5 Å². The average molecular weight is 342 g/mol. The van der Waals surface area contributed by atoms with Crippen molar-refractivity contribution >= 4 is 27.6 Å². The molecule has 108 valence electrons. The average Bonchev–Trinajstić information content (AvgIpc) is 2.40. The Labute approximate surface area is 125 Å². The van der Waals surface area contributed by atoms with E-state index in [4.69, 9.17) is 4.74 Å². The summed E-state index contributed by atoms with van der Waals surface area (Å²) in [5.74, 6) is -0.395. The van der Waals surface area contributed by atoms with E-state index in [-0.39, 0.29) is 18.7 Å². The number of nitro benzene ring substituents is 1. The number of rotatable bonds is 6. The predicted octanol–water partition coefficient (Wildman–Crippen LogP) is 3.66. The number of nitrogens with zero attached hydrogens (tertiary/aromatic N) is 1. The van der Waals surface area contributed by atoms with Crippen molar-refractivity contribution in [3.63, 3.8) is 0 Å². The summed E-state index contributed by atoms with van der Waals surface area (Å²) in [7, 11) is 0. The van der Waals surface area contributed by atoms with E-state index in [9.17, 15) is 14.9 Å². The maximum atomic E-state index is 12.0. The van der Waals surface area contributed by atoms with Crippen LogP contribution in [0.4, 0.5) is 5.69 Å². The molecule has 1 unspecified atom stereocenters. The Balaban J connectivity index is 3.14. The maximum Gasteiger partial charge on any atom is 0.315 e. The fourth-order valence-electron chi connectivity index (χ4n) is 1.76. The summed E-state index contributed by atoms with van der Waals surface area (Å²) in [5, 5.41) is 10.9. The number of carbonyl (C=O) groups excluding carboxylic acids is 1. The first-order valence-electron chi connectivity index (χ1n) is 6.08. The Morgan fingerprint density at radius 3 is 2.75 bits per heavy atom. The summed E-state index contributed by atoms with van der Waals surface area (Å²) in [6.45, 7) is 7.37. The number of halogens is 1. The van der Waals surface area contributed by atoms with Gasteiger partial charge >= 0.3 is 5.97 Å². The van der Waals surface area contributed by atoms with Crippen LogP contribution in [0, 0.1) is 15.5 Å². The molecule has 0 aliphatic heterocycles. The molecule has 1 aromatic rings. The van der Waals surface area contributed by atoms with Gasteiger partial charge in [0.05, 0.1) is 21.4 Å². The molecular formula is C14H16BrNO4. The van der Waals surface area contributed by atoms with Crippen molar-refractivity contribution in [1.29, 1.82) is 0 Å². The van der Waals surface area contributed by atoms with Crippen LogP contribution in [-0.4, -0.2) is 17.5 Å². The Kier molecular flexibility index (Phi) is 5.44. The van der Waals surface area contributed by atoms with Crippen LogP contribution in [0.15, 0.2) is 35.3 Å². The van der Waals surface area contributed by atoms with Crippen molar-refractivity contribution in [3.05, 3.63) is 51.0 Å². The van der Waals surface area contributed by atoms with E-state index < -0.39 is 16.3 Å². The molecule has 0 bridgehead atoms. The van der Waals surface area contributed by atoms with E-state index in [1.165, 1.54) is 12.1 Å². The van der Waals surface area contributed by atoms with Crippen LogP contribution < -0.4 is 0 Å². The van der Waals surface area contributed by atoms with Gasteiger partial charge in [0.25, 0.3) is 5.69 Å². The molecule has 6 heteroatoms. The third-order valence-electron chi connectivity index (χ3n) is 3.00. The SMILES string of the molecule is C=CC(C)(Cc1cccc([N+](=O)[O-])c1Br)C(=O)OCC. The number of esters is 1. The zero-order valence-electron chi connectivity index (χ0n) is 11.4. The molecule has 0 aliphatic carbocycles. The van der Waals surface area contributed by atoms with Gasteiger partial charge in [-0.25, -0.2) is 0 Å². The van der Waals surface area contributed by atoms with E-state index >= 15 is 0 Å². The Morgan fingerprint density at radius 2 is 2.25 bits per heavy atom. The molecule has 0 aliphatic rings. The van der Waals surface area contributed by atoms with Gasteiger partial charge in [0.2, 0.25) is 0 Å². The van der Waals surface area contributed by atoms with Gasteiger partial charge in [0, 0.05) is 6.07 Å². The molecule has 0 fully saturated rings. The summed E-state index contributed by atoms with van der Waals surface area (Å²) < 4.78 is 5.41. The van der Waals surface area contributed by atoms with Crippen LogP contribution in [0.1, 0.15) is 19.4 Å². The lowest BCUT2D eigenvalue weighted by Crippen LogP contribution is -2.30. The zero-order chi connectivity index (χ0) is 15.3. The number of benzene rings is 1. The number of hydrogen-bond donors (Lipinski definition) is 0. The van der Waals surface area contributed by atoms with E-state index in [0.717, 1.165) is 0 Å². The lowest BCUT2D eigenvalue weighted by atomic mass is 9.83. The van der Waals surface area contributed by atoms with Gasteiger partial charge in [0.15, 0.2) is 0 Å². The number of ether oxygens (including phenoxy) is 1. The summed E-state index contributed by atoms with van der Waals surface area (Å²) in [4.78, 5) is 22.4. The van der Waals surface area contributed by atoms with E-state index in [1.54, 1.807) is 26.0 Å². The largest absolute Gasteiger partial charge is 0.465 e. The molecule has 0 amide bonds. The molecule has 0 aromatic heterocycles. The lowest BCUT2D eigenvalue weighted by Gasteiger charge is -2.23. The van der Waals surface area contributed by atoms with E-state index in [0.29, 0.717) is 10.0 Å². The smallest absolute Gasteiger partial charge is 0.315 e. The van der Waals surface area contributed by atoms with Crippen LogP contribution in [-0.2, 0) is 16.0 Å². The molecule has 1 atom stereocenters. The highest BCUT2D eigenvalue weighted by Gasteiger charge is 2.33. The Hall–Kier alpha value is -1.69. The van der Waals surface area contributed by atoms with Crippen molar-refractivity contribution < 1.29 is 14.5 Å². The Bertz CT molecular complexity index is 544. The molecule has 0 radical (unpaired) electrons. The highest BCUT2D eigenvalue weighted by atomic mass is 79.9. The topological polar surface area (TPSA) is 69.4 Å². The molecule has 0 heterocycles. The lowest BCUT2D eigenvalue weighted by molar-refractivity contribution is -0.385. The van der Waals surface area contributed by atoms with Crippen molar-refractivity contribution in [2.24, 2.45) is 5.41 Å². The van der Waals surface area contributed by atoms with Crippen molar-refractivity contribution in [2.75, 3.05) is 6.61 Å². The predicted molar refractivity (Wildman–Crippen MR) is 79.4 cm³/mol. The van der Waals surface area contributed by atoms with Crippen LogP contribution >= 0.6 is 15.9 Å².